The lowest BCUT2D eigenvalue weighted by Crippen LogP contribution is -2.45. The first-order valence-electron chi connectivity index (χ1n) is 7.99. The van der Waals surface area contributed by atoms with Gasteiger partial charge in [0.25, 0.3) is 0 Å². The number of Topliss-reactive ketones (excluding diaryl/α,β-unsaturated/α-hetero) is 1. The number of allylic oxidation sites excluding steroid dienone is 1. The minimum Gasteiger partial charge on any atom is -0.439 e. The molecule has 0 N–H and O–H groups in total. The smallest absolute Gasteiger partial charge is 0.219 e. The molecule has 0 aliphatic carbocycles. The Kier molecular flexibility index (Phi) is 3.58. The van der Waals surface area contributed by atoms with E-state index >= 15 is 0 Å². The van der Waals surface area contributed by atoms with E-state index < -0.39 is 0 Å². The zero-order valence-electron chi connectivity index (χ0n) is 12.8. The molecule has 4 heterocycles. The molecule has 2 bridgehead atoms. The van der Waals surface area contributed by atoms with E-state index in [9.17, 15) is 4.79 Å². The molecule has 4 heteroatoms. The minimum atomic E-state index is 0.222. The highest BCUT2D eigenvalue weighted by Crippen LogP contribution is 2.32. The fraction of sp³-hybridized carbons (Fsp3) is 0.263. The summed E-state index contributed by atoms with van der Waals surface area (Å²) in [6.45, 7) is 1.98. The lowest BCUT2D eigenvalue weighted by molar-refractivity contribution is -0.125. The van der Waals surface area contributed by atoms with Crippen molar-refractivity contribution >= 4 is 11.9 Å². The maximum absolute atomic E-state index is 12.3. The van der Waals surface area contributed by atoms with Gasteiger partial charge in [-0.2, -0.15) is 0 Å². The maximum atomic E-state index is 12.3. The molecule has 0 radical (unpaired) electrons. The number of hydrogen-bond donors (Lipinski definition) is 0. The molecule has 116 valence electrons. The summed E-state index contributed by atoms with van der Waals surface area (Å²) in [5.74, 6) is 1.82. The van der Waals surface area contributed by atoms with Gasteiger partial charge in [-0.05, 0) is 42.7 Å². The minimum absolute atomic E-state index is 0.222. The summed E-state index contributed by atoms with van der Waals surface area (Å²) < 4.78 is 5.68. The number of fused-ring (bicyclic) bond motifs is 3. The molecule has 23 heavy (non-hydrogen) atoms. The van der Waals surface area contributed by atoms with Gasteiger partial charge in [0.2, 0.25) is 5.88 Å². The van der Waals surface area contributed by atoms with Crippen LogP contribution in [0.4, 0.5) is 0 Å². The topological polar surface area (TPSA) is 42.4 Å². The molecule has 3 aliphatic heterocycles. The van der Waals surface area contributed by atoms with Gasteiger partial charge in [-0.25, -0.2) is 4.98 Å². The fourth-order valence-electron chi connectivity index (χ4n) is 3.21. The van der Waals surface area contributed by atoms with E-state index in [0.717, 1.165) is 42.9 Å². The molecule has 0 unspecified atom stereocenters. The van der Waals surface area contributed by atoms with Crippen LogP contribution in [0.3, 0.4) is 0 Å². The normalized spacial score (nSPS) is 19.4. The van der Waals surface area contributed by atoms with Gasteiger partial charge >= 0.3 is 0 Å². The first kappa shape index (κ1) is 14.0. The molecule has 3 aliphatic rings. The summed E-state index contributed by atoms with van der Waals surface area (Å²) in [6.07, 6.45) is 5.70. The van der Waals surface area contributed by atoms with Crippen molar-refractivity contribution in [2.75, 3.05) is 13.1 Å². The van der Waals surface area contributed by atoms with Crippen LogP contribution in [0.5, 0.6) is 11.6 Å². The summed E-state index contributed by atoms with van der Waals surface area (Å²) in [7, 11) is 0. The highest BCUT2D eigenvalue weighted by atomic mass is 16.5. The standard InChI is InChI=1S/C19H18N2O2/c22-19-15-8-10-21(11-9-15)17(19)12-14-6-7-18(20-13-14)23-16-4-2-1-3-5-16/h1-7,12-13,15H,8-11H2/b17-12+. The van der Waals surface area contributed by atoms with E-state index in [-0.39, 0.29) is 11.7 Å². The third-order valence-corrected chi connectivity index (χ3v) is 4.49. The zero-order valence-corrected chi connectivity index (χ0v) is 12.8. The van der Waals surface area contributed by atoms with Crippen LogP contribution in [0.25, 0.3) is 6.08 Å². The van der Waals surface area contributed by atoms with Crippen molar-refractivity contribution in [2.24, 2.45) is 5.92 Å². The van der Waals surface area contributed by atoms with Crippen molar-refractivity contribution in [1.29, 1.82) is 0 Å². The molecular formula is C19H18N2O2. The van der Waals surface area contributed by atoms with Gasteiger partial charge in [0, 0.05) is 31.3 Å². The van der Waals surface area contributed by atoms with Crippen LogP contribution in [0.15, 0.2) is 54.4 Å². The Balaban J connectivity index is 1.52. The second-order valence-electron chi connectivity index (χ2n) is 6.00. The lowest BCUT2D eigenvalue weighted by atomic mass is 9.84. The Morgan fingerprint density at radius 2 is 1.87 bits per heavy atom. The highest BCUT2D eigenvalue weighted by molar-refractivity contribution is 6.01. The van der Waals surface area contributed by atoms with E-state index in [1.54, 1.807) is 6.20 Å². The molecule has 3 fully saturated rings. The van der Waals surface area contributed by atoms with Crippen molar-refractivity contribution in [3.63, 3.8) is 0 Å². The summed E-state index contributed by atoms with van der Waals surface area (Å²) in [5.41, 5.74) is 1.77. The van der Waals surface area contributed by atoms with Gasteiger partial charge < -0.3 is 9.64 Å². The fourth-order valence-corrected chi connectivity index (χ4v) is 3.21. The summed E-state index contributed by atoms with van der Waals surface area (Å²) in [5, 5.41) is 0. The second-order valence-corrected chi connectivity index (χ2v) is 6.00. The average molecular weight is 306 g/mol. The Morgan fingerprint density at radius 3 is 2.52 bits per heavy atom. The number of pyridine rings is 1. The Bertz CT molecular complexity index is 730. The summed E-state index contributed by atoms with van der Waals surface area (Å²) in [4.78, 5) is 18.9. The van der Waals surface area contributed by atoms with Gasteiger partial charge in [0.1, 0.15) is 5.75 Å². The van der Waals surface area contributed by atoms with Gasteiger partial charge in [0.05, 0.1) is 5.70 Å². The van der Waals surface area contributed by atoms with Crippen LogP contribution in [-0.4, -0.2) is 28.8 Å². The third-order valence-electron chi connectivity index (χ3n) is 4.49. The summed E-state index contributed by atoms with van der Waals surface area (Å²) >= 11 is 0. The third kappa shape index (κ3) is 2.84. The number of nitrogens with zero attached hydrogens (tertiary/aromatic N) is 2. The van der Waals surface area contributed by atoms with Crippen LogP contribution in [-0.2, 0) is 4.79 Å². The Labute approximate surface area is 135 Å². The number of hydrogen-bond acceptors (Lipinski definition) is 4. The van der Waals surface area contributed by atoms with Crippen molar-refractivity contribution in [2.45, 2.75) is 12.8 Å². The SMILES string of the molecule is O=C1/C(=C\c2ccc(Oc3ccccc3)nc2)N2CCC1CC2. The Morgan fingerprint density at radius 1 is 1.09 bits per heavy atom. The van der Waals surface area contributed by atoms with Crippen LogP contribution in [0.1, 0.15) is 18.4 Å². The Hall–Kier alpha value is -2.62. The van der Waals surface area contributed by atoms with Crippen LogP contribution in [0.2, 0.25) is 0 Å². The van der Waals surface area contributed by atoms with Crippen LogP contribution < -0.4 is 4.74 Å². The number of ether oxygens (including phenoxy) is 1. The number of para-hydroxylation sites is 1. The molecule has 0 atom stereocenters. The van der Waals surface area contributed by atoms with Crippen LogP contribution >= 0.6 is 0 Å². The first-order chi connectivity index (χ1) is 11.3. The molecule has 1 aromatic carbocycles. The summed E-state index contributed by atoms with van der Waals surface area (Å²) in [6, 6.07) is 13.3. The number of aromatic nitrogens is 1. The lowest BCUT2D eigenvalue weighted by Gasteiger charge is -2.41. The highest BCUT2D eigenvalue weighted by Gasteiger charge is 2.36. The number of carbonyl (C=O) groups is 1. The molecular weight excluding hydrogens is 288 g/mol. The van der Waals surface area contributed by atoms with E-state index in [2.05, 4.69) is 9.88 Å². The van der Waals surface area contributed by atoms with Crippen molar-refractivity contribution in [1.82, 2.24) is 9.88 Å². The van der Waals surface area contributed by atoms with Gasteiger partial charge in [0.15, 0.2) is 5.78 Å². The molecule has 0 amide bonds. The number of rotatable bonds is 3. The van der Waals surface area contributed by atoms with Crippen molar-refractivity contribution in [3.05, 3.63) is 59.9 Å². The van der Waals surface area contributed by atoms with Gasteiger partial charge in [-0.3, -0.25) is 4.79 Å². The van der Waals surface area contributed by atoms with Crippen molar-refractivity contribution in [3.8, 4) is 11.6 Å². The number of ketones is 1. The van der Waals surface area contributed by atoms with Gasteiger partial charge in [-0.1, -0.05) is 18.2 Å². The predicted molar refractivity (Wildman–Crippen MR) is 88.0 cm³/mol. The quantitative estimate of drug-likeness (QED) is 0.814. The number of benzene rings is 1. The van der Waals surface area contributed by atoms with Gasteiger partial charge in [-0.15, -0.1) is 0 Å². The number of piperidine rings is 3. The molecule has 5 rings (SSSR count). The van der Waals surface area contributed by atoms with E-state index in [4.69, 9.17) is 4.74 Å². The van der Waals surface area contributed by atoms with E-state index in [0.29, 0.717) is 5.88 Å². The monoisotopic (exact) mass is 306 g/mol. The number of carbonyl (C=O) groups excluding carboxylic acids is 1. The molecule has 4 nitrogen and oxygen atoms in total. The molecule has 1 aromatic heterocycles. The average Bonchev–Trinajstić information content (AvgIpc) is 2.61. The molecule has 3 saturated heterocycles. The van der Waals surface area contributed by atoms with E-state index in [1.165, 1.54) is 0 Å². The maximum Gasteiger partial charge on any atom is 0.219 e. The molecule has 2 aromatic rings. The predicted octanol–water partition coefficient (Wildman–Crippen LogP) is 3.51. The molecule has 0 spiro atoms. The van der Waals surface area contributed by atoms with E-state index in [1.807, 2.05) is 48.5 Å². The van der Waals surface area contributed by atoms with Crippen molar-refractivity contribution < 1.29 is 9.53 Å². The van der Waals surface area contributed by atoms with Crippen LogP contribution in [0, 0.1) is 5.92 Å². The second kappa shape index (κ2) is 5.88. The molecule has 0 saturated carbocycles. The first-order valence-corrected chi connectivity index (χ1v) is 7.99. The zero-order chi connectivity index (χ0) is 15.6. The largest absolute Gasteiger partial charge is 0.439 e.